The number of pyridine rings is 1. The van der Waals surface area contributed by atoms with Gasteiger partial charge < -0.3 is 5.32 Å². The monoisotopic (exact) mass is 192 g/mol. The fourth-order valence-corrected chi connectivity index (χ4v) is 1.52. The van der Waals surface area contributed by atoms with Gasteiger partial charge >= 0.3 is 0 Å². The number of aryl methyl sites for hydroxylation is 2. The van der Waals surface area contributed by atoms with Gasteiger partial charge in [-0.25, -0.2) is 0 Å². The Hall–Kier alpha value is -0.890. The van der Waals surface area contributed by atoms with Gasteiger partial charge in [-0.2, -0.15) is 0 Å². The molecule has 0 aliphatic heterocycles. The molecule has 1 aromatic heterocycles. The van der Waals surface area contributed by atoms with Crippen LogP contribution in [0.15, 0.2) is 12.3 Å². The van der Waals surface area contributed by atoms with Crippen molar-refractivity contribution in [2.75, 3.05) is 6.54 Å². The lowest BCUT2D eigenvalue weighted by molar-refractivity contribution is 0.721. The van der Waals surface area contributed by atoms with Crippen molar-refractivity contribution in [3.63, 3.8) is 0 Å². The van der Waals surface area contributed by atoms with E-state index in [-0.39, 0.29) is 0 Å². The van der Waals surface area contributed by atoms with Gasteiger partial charge in [0.15, 0.2) is 0 Å². The van der Waals surface area contributed by atoms with Crippen molar-refractivity contribution < 1.29 is 0 Å². The average molecular weight is 192 g/mol. The van der Waals surface area contributed by atoms with E-state index in [1.165, 1.54) is 23.2 Å². The van der Waals surface area contributed by atoms with Gasteiger partial charge in [0, 0.05) is 18.4 Å². The number of rotatable bonds is 5. The summed E-state index contributed by atoms with van der Waals surface area (Å²) in [6.07, 6.45) is 4.29. The van der Waals surface area contributed by atoms with Gasteiger partial charge in [-0.15, -0.1) is 0 Å². The quantitative estimate of drug-likeness (QED) is 0.775. The summed E-state index contributed by atoms with van der Waals surface area (Å²) in [5.41, 5.74) is 3.86. The highest BCUT2D eigenvalue weighted by Gasteiger charge is 2.00. The molecule has 14 heavy (non-hydrogen) atoms. The van der Waals surface area contributed by atoms with Crippen LogP contribution in [-0.2, 0) is 13.0 Å². The molecule has 0 amide bonds. The van der Waals surface area contributed by atoms with Crippen molar-refractivity contribution in [3.8, 4) is 0 Å². The van der Waals surface area contributed by atoms with Crippen LogP contribution in [0.3, 0.4) is 0 Å². The molecule has 0 saturated heterocycles. The van der Waals surface area contributed by atoms with E-state index < -0.39 is 0 Å². The third-order valence-electron chi connectivity index (χ3n) is 2.35. The molecule has 2 nitrogen and oxygen atoms in total. The van der Waals surface area contributed by atoms with Crippen LogP contribution in [0, 0.1) is 6.92 Å². The first-order chi connectivity index (χ1) is 6.77. The van der Waals surface area contributed by atoms with Crippen LogP contribution in [0.5, 0.6) is 0 Å². The molecule has 1 aromatic rings. The van der Waals surface area contributed by atoms with Gasteiger partial charge in [0.2, 0.25) is 0 Å². The highest BCUT2D eigenvalue weighted by Crippen LogP contribution is 2.10. The lowest BCUT2D eigenvalue weighted by Gasteiger charge is -2.07. The van der Waals surface area contributed by atoms with E-state index in [1.54, 1.807) is 0 Å². The normalized spacial score (nSPS) is 10.5. The maximum absolute atomic E-state index is 4.41. The molecular formula is C12H20N2. The molecule has 0 fully saturated rings. The molecule has 0 atom stereocenters. The summed E-state index contributed by atoms with van der Waals surface area (Å²) in [5, 5.41) is 3.31. The van der Waals surface area contributed by atoms with Crippen LogP contribution in [0.1, 0.15) is 37.1 Å². The van der Waals surface area contributed by atoms with E-state index in [9.17, 15) is 0 Å². The van der Waals surface area contributed by atoms with Crippen molar-refractivity contribution in [1.82, 2.24) is 10.3 Å². The lowest BCUT2D eigenvalue weighted by Crippen LogP contribution is -2.12. The third-order valence-corrected chi connectivity index (χ3v) is 2.35. The second-order valence-corrected chi connectivity index (χ2v) is 3.62. The number of hydrogen-bond donors (Lipinski definition) is 1. The predicted octanol–water partition coefficient (Wildman–Crippen LogP) is 2.45. The van der Waals surface area contributed by atoms with Crippen LogP contribution in [-0.4, -0.2) is 11.5 Å². The van der Waals surface area contributed by atoms with Crippen molar-refractivity contribution >= 4 is 0 Å². The predicted molar refractivity (Wildman–Crippen MR) is 60.3 cm³/mol. The Morgan fingerprint density at radius 3 is 2.79 bits per heavy atom. The Labute approximate surface area is 86.8 Å². The molecule has 0 unspecified atom stereocenters. The van der Waals surface area contributed by atoms with Gasteiger partial charge in [-0.3, -0.25) is 4.98 Å². The van der Waals surface area contributed by atoms with Gasteiger partial charge in [0.05, 0.1) is 0 Å². The maximum atomic E-state index is 4.41. The molecule has 1 heterocycles. The standard InChI is InChI=1S/C12H20N2/c1-4-6-12-7-11(8-13-5-2)9-14-10(12)3/h7,9,13H,4-6,8H2,1-3H3. The molecular weight excluding hydrogens is 172 g/mol. The van der Waals surface area contributed by atoms with E-state index in [4.69, 9.17) is 0 Å². The van der Waals surface area contributed by atoms with Crippen molar-refractivity contribution in [2.45, 2.75) is 40.2 Å². The lowest BCUT2D eigenvalue weighted by atomic mass is 10.1. The highest BCUT2D eigenvalue weighted by molar-refractivity contribution is 5.24. The summed E-state index contributed by atoms with van der Waals surface area (Å²) in [6, 6.07) is 2.27. The Balaban J connectivity index is 2.72. The molecule has 0 radical (unpaired) electrons. The number of nitrogens with one attached hydrogen (secondary N) is 1. The topological polar surface area (TPSA) is 24.9 Å². The molecule has 0 spiro atoms. The minimum Gasteiger partial charge on any atom is -0.313 e. The molecule has 1 N–H and O–H groups in total. The van der Waals surface area contributed by atoms with E-state index in [0.717, 1.165) is 19.5 Å². The van der Waals surface area contributed by atoms with E-state index in [1.807, 2.05) is 6.20 Å². The van der Waals surface area contributed by atoms with E-state index >= 15 is 0 Å². The molecule has 0 saturated carbocycles. The Kier molecular flexibility index (Phi) is 4.60. The fraction of sp³-hybridized carbons (Fsp3) is 0.583. The Morgan fingerprint density at radius 2 is 2.14 bits per heavy atom. The molecule has 0 aliphatic carbocycles. The Morgan fingerprint density at radius 1 is 1.36 bits per heavy atom. The van der Waals surface area contributed by atoms with Crippen LogP contribution in [0.2, 0.25) is 0 Å². The average Bonchev–Trinajstić information content (AvgIpc) is 2.19. The molecule has 1 rings (SSSR count). The second kappa shape index (κ2) is 5.76. The summed E-state index contributed by atoms with van der Waals surface area (Å²) in [7, 11) is 0. The zero-order valence-electron chi connectivity index (χ0n) is 9.43. The van der Waals surface area contributed by atoms with E-state index in [0.29, 0.717) is 0 Å². The SMILES string of the molecule is CCCc1cc(CNCC)cnc1C. The van der Waals surface area contributed by atoms with Crippen LogP contribution >= 0.6 is 0 Å². The fourth-order valence-electron chi connectivity index (χ4n) is 1.52. The molecule has 78 valence electrons. The smallest absolute Gasteiger partial charge is 0.0404 e. The minimum absolute atomic E-state index is 0.931. The molecule has 2 heteroatoms. The van der Waals surface area contributed by atoms with Crippen LogP contribution in [0.25, 0.3) is 0 Å². The summed E-state index contributed by atoms with van der Waals surface area (Å²) < 4.78 is 0. The second-order valence-electron chi connectivity index (χ2n) is 3.62. The van der Waals surface area contributed by atoms with Crippen LogP contribution < -0.4 is 5.32 Å². The minimum atomic E-state index is 0.931. The molecule has 0 aromatic carbocycles. The zero-order chi connectivity index (χ0) is 10.4. The summed E-state index contributed by atoms with van der Waals surface area (Å²) in [4.78, 5) is 4.41. The Bertz CT molecular complexity index is 282. The summed E-state index contributed by atoms with van der Waals surface area (Å²) >= 11 is 0. The maximum Gasteiger partial charge on any atom is 0.0404 e. The van der Waals surface area contributed by atoms with Gasteiger partial charge in [0.1, 0.15) is 0 Å². The number of aromatic nitrogens is 1. The summed E-state index contributed by atoms with van der Waals surface area (Å²) in [6.45, 7) is 8.35. The van der Waals surface area contributed by atoms with Crippen LogP contribution in [0.4, 0.5) is 0 Å². The first-order valence-electron chi connectivity index (χ1n) is 5.43. The molecule has 0 bridgehead atoms. The number of hydrogen-bond acceptors (Lipinski definition) is 2. The first-order valence-corrected chi connectivity index (χ1v) is 5.43. The zero-order valence-corrected chi connectivity index (χ0v) is 9.43. The van der Waals surface area contributed by atoms with E-state index in [2.05, 4.69) is 37.1 Å². The van der Waals surface area contributed by atoms with Gasteiger partial charge in [-0.1, -0.05) is 26.3 Å². The molecule has 0 aliphatic rings. The van der Waals surface area contributed by atoms with Gasteiger partial charge in [-0.05, 0) is 31.0 Å². The summed E-state index contributed by atoms with van der Waals surface area (Å²) in [5.74, 6) is 0. The van der Waals surface area contributed by atoms with Crippen molar-refractivity contribution in [3.05, 3.63) is 29.1 Å². The van der Waals surface area contributed by atoms with Gasteiger partial charge in [0.25, 0.3) is 0 Å². The largest absolute Gasteiger partial charge is 0.313 e. The highest BCUT2D eigenvalue weighted by atomic mass is 14.8. The van der Waals surface area contributed by atoms with Crippen molar-refractivity contribution in [1.29, 1.82) is 0 Å². The number of nitrogens with zero attached hydrogens (tertiary/aromatic N) is 1. The third kappa shape index (κ3) is 3.11. The van der Waals surface area contributed by atoms with Crippen molar-refractivity contribution in [2.24, 2.45) is 0 Å². The first kappa shape index (κ1) is 11.2.